The molecule has 0 spiro atoms. The maximum atomic E-state index is 10.9. The minimum Gasteiger partial charge on any atom is -0.462 e. The first-order valence-corrected chi connectivity index (χ1v) is 16.8. The molecule has 1 aliphatic rings. The molecule has 4 heteroatoms. The summed E-state index contributed by atoms with van der Waals surface area (Å²) >= 11 is 4.32. The van der Waals surface area contributed by atoms with Gasteiger partial charge in [0.15, 0.2) is 0 Å². The van der Waals surface area contributed by atoms with Crippen molar-refractivity contribution in [1.29, 1.82) is 0 Å². The summed E-state index contributed by atoms with van der Waals surface area (Å²) in [7, 11) is 0. The van der Waals surface area contributed by atoms with Crippen molar-refractivity contribution in [3.05, 3.63) is 69.9 Å². The maximum absolute atomic E-state index is 10.9. The zero-order valence-corrected chi connectivity index (χ0v) is 27.9. The quantitative estimate of drug-likeness (QED) is 0.128. The lowest BCUT2D eigenvalue weighted by molar-refractivity contribution is -0.139. The van der Waals surface area contributed by atoms with E-state index in [9.17, 15) is 4.79 Å². The van der Waals surface area contributed by atoms with E-state index >= 15 is 0 Å². The molecule has 0 N–H and O–H groups in total. The van der Waals surface area contributed by atoms with E-state index in [4.69, 9.17) is 4.74 Å². The number of hydrogen-bond donors (Lipinski definition) is 0. The molecule has 0 aromatic rings. The van der Waals surface area contributed by atoms with E-state index in [1.807, 2.05) is 6.08 Å². The van der Waals surface area contributed by atoms with Crippen LogP contribution >= 0.6 is 23.5 Å². The Bertz CT molecular complexity index is 920. The molecule has 2 nitrogen and oxygen atoms in total. The molecule has 220 valence electrons. The summed E-state index contributed by atoms with van der Waals surface area (Å²) < 4.78 is 5.19. The molecule has 0 amide bonds. The third-order valence-electron chi connectivity index (χ3n) is 6.88. The molecule has 0 atom stereocenters. The van der Waals surface area contributed by atoms with Gasteiger partial charge in [-0.05, 0) is 130 Å². The van der Waals surface area contributed by atoms with Crippen LogP contribution in [0.4, 0.5) is 0 Å². The van der Waals surface area contributed by atoms with E-state index < -0.39 is 0 Å². The Labute approximate surface area is 250 Å². The Balaban J connectivity index is 2.59. The van der Waals surface area contributed by atoms with Gasteiger partial charge in [0.05, 0.1) is 4.08 Å². The highest BCUT2D eigenvalue weighted by Crippen LogP contribution is 2.48. The van der Waals surface area contributed by atoms with Crippen molar-refractivity contribution in [2.24, 2.45) is 0 Å². The van der Waals surface area contributed by atoms with Crippen molar-refractivity contribution in [3.63, 3.8) is 0 Å². The summed E-state index contributed by atoms with van der Waals surface area (Å²) in [6.07, 6.45) is 25.6. The highest BCUT2D eigenvalue weighted by Gasteiger charge is 2.31. The number of thioether (sulfide) groups is 2. The summed E-state index contributed by atoms with van der Waals surface area (Å²) in [6.45, 7) is 17.5. The van der Waals surface area contributed by atoms with Crippen LogP contribution in [0.1, 0.15) is 120 Å². The highest BCUT2D eigenvalue weighted by atomic mass is 32.2. The van der Waals surface area contributed by atoms with Crippen LogP contribution in [0.3, 0.4) is 0 Å². The Morgan fingerprint density at radius 1 is 0.641 bits per heavy atom. The molecule has 1 saturated heterocycles. The van der Waals surface area contributed by atoms with Crippen molar-refractivity contribution >= 4 is 29.5 Å². The summed E-state index contributed by atoms with van der Waals surface area (Å²) in [5.74, 6) is 2.31. The van der Waals surface area contributed by atoms with E-state index in [2.05, 4.69) is 102 Å². The molecular weight excluding hydrogens is 517 g/mol. The van der Waals surface area contributed by atoms with Gasteiger partial charge in [-0.3, -0.25) is 4.79 Å². The summed E-state index contributed by atoms with van der Waals surface area (Å²) in [5.41, 5.74) is 8.73. The van der Waals surface area contributed by atoms with E-state index in [-0.39, 0.29) is 10.0 Å². The minimum absolute atomic E-state index is 0.200. The molecule has 1 fully saturated rings. The fourth-order valence-electron chi connectivity index (χ4n) is 4.57. The first-order valence-electron chi connectivity index (χ1n) is 14.9. The van der Waals surface area contributed by atoms with Crippen molar-refractivity contribution in [1.82, 2.24) is 0 Å². The van der Waals surface area contributed by atoms with Gasteiger partial charge in [0.25, 0.3) is 0 Å². The standard InChI is InChI=1S/C35H56O2S2/c1-28(2)14-9-15-29(3)17-11-20-32(6)26-35(38-24-13-25-39-35)27-33(7)21-12-18-30(4)16-10-19-31(5)22-23-37-34(8)36/h14,16-17,21-22,26H,9-13,15,18-20,23-25,27H2,1-8H3. The van der Waals surface area contributed by atoms with Gasteiger partial charge in [-0.2, -0.15) is 0 Å². The molecule has 0 aliphatic carbocycles. The lowest BCUT2D eigenvalue weighted by Gasteiger charge is -2.34. The minimum atomic E-state index is -0.222. The fourth-order valence-corrected chi connectivity index (χ4v) is 8.08. The number of carbonyl (C=O) groups is 1. The van der Waals surface area contributed by atoms with Gasteiger partial charge in [0, 0.05) is 6.92 Å². The molecule has 1 heterocycles. The number of carbonyl (C=O) groups excluding carboxylic acids is 1. The maximum Gasteiger partial charge on any atom is 0.302 e. The van der Waals surface area contributed by atoms with Crippen molar-refractivity contribution in [2.75, 3.05) is 18.1 Å². The zero-order valence-electron chi connectivity index (χ0n) is 26.3. The van der Waals surface area contributed by atoms with Crippen molar-refractivity contribution in [3.8, 4) is 0 Å². The van der Waals surface area contributed by atoms with Gasteiger partial charge in [-0.15, -0.1) is 23.5 Å². The normalized spacial score (nSPS) is 17.3. The van der Waals surface area contributed by atoms with Crippen molar-refractivity contribution < 1.29 is 9.53 Å². The average molecular weight is 573 g/mol. The number of rotatable bonds is 17. The molecule has 1 rings (SSSR count). The molecule has 0 saturated carbocycles. The van der Waals surface area contributed by atoms with Gasteiger partial charge in [-0.1, -0.05) is 63.8 Å². The van der Waals surface area contributed by atoms with Crippen LogP contribution in [-0.4, -0.2) is 28.2 Å². The highest BCUT2D eigenvalue weighted by molar-refractivity contribution is 8.19. The Morgan fingerprint density at radius 3 is 1.62 bits per heavy atom. The summed E-state index contributed by atoms with van der Waals surface area (Å²) in [4.78, 5) is 10.9. The Morgan fingerprint density at radius 2 is 1.10 bits per heavy atom. The predicted molar refractivity (Wildman–Crippen MR) is 179 cm³/mol. The third kappa shape index (κ3) is 18.6. The van der Waals surface area contributed by atoms with E-state index in [1.165, 1.54) is 64.7 Å². The van der Waals surface area contributed by atoms with Crippen molar-refractivity contribution in [2.45, 2.75) is 124 Å². The van der Waals surface area contributed by atoms with Crippen LogP contribution in [-0.2, 0) is 9.53 Å². The molecule has 39 heavy (non-hydrogen) atoms. The summed E-state index contributed by atoms with van der Waals surface area (Å²) in [6, 6.07) is 0. The second-order valence-corrected chi connectivity index (χ2v) is 14.6. The number of allylic oxidation sites excluding steroid dienone is 10. The van der Waals surface area contributed by atoms with Crippen LogP contribution in [0.5, 0.6) is 0 Å². The molecular formula is C35H56O2S2. The third-order valence-corrected chi connectivity index (χ3v) is 10.1. The predicted octanol–water partition coefficient (Wildman–Crippen LogP) is 11.3. The zero-order chi connectivity index (χ0) is 29.1. The molecule has 0 aromatic heterocycles. The lowest BCUT2D eigenvalue weighted by Crippen LogP contribution is -2.23. The summed E-state index contributed by atoms with van der Waals surface area (Å²) in [5, 5.41) is 0. The van der Waals surface area contributed by atoms with Crippen LogP contribution in [0, 0.1) is 0 Å². The fraction of sp³-hybridized carbons (Fsp3) is 0.629. The Kier molecular flexibility index (Phi) is 18.7. The smallest absolute Gasteiger partial charge is 0.302 e. The number of esters is 1. The van der Waals surface area contributed by atoms with Crippen LogP contribution in [0.25, 0.3) is 0 Å². The van der Waals surface area contributed by atoms with Crippen LogP contribution < -0.4 is 0 Å². The van der Waals surface area contributed by atoms with Crippen LogP contribution in [0.15, 0.2) is 69.9 Å². The first-order chi connectivity index (χ1) is 18.5. The monoisotopic (exact) mass is 572 g/mol. The van der Waals surface area contributed by atoms with Gasteiger partial charge < -0.3 is 4.74 Å². The largest absolute Gasteiger partial charge is 0.462 e. The Hall–Kier alpha value is -1.39. The van der Waals surface area contributed by atoms with E-state index in [1.54, 1.807) is 0 Å². The molecule has 0 bridgehead atoms. The second kappa shape index (κ2) is 20.5. The van der Waals surface area contributed by atoms with Gasteiger partial charge in [-0.25, -0.2) is 0 Å². The first kappa shape index (κ1) is 35.6. The molecule has 0 aromatic carbocycles. The molecule has 0 unspecified atom stereocenters. The van der Waals surface area contributed by atoms with Gasteiger partial charge in [0.2, 0.25) is 0 Å². The van der Waals surface area contributed by atoms with Crippen LogP contribution in [0.2, 0.25) is 0 Å². The van der Waals surface area contributed by atoms with Gasteiger partial charge >= 0.3 is 5.97 Å². The number of ether oxygens (including phenoxy) is 1. The molecule has 0 radical (unpaired) electrons. The average Bonchev–Trinajstić information content (AvgIpc) is 2.84. The topological polar surface area (TPSA) is 26.3 Å². The number of hydrogen-bond acceptors (Lipinski definition) is 4. The lowest BCUT2D eigenvalue weighted by atomic mass is 10.0. The van der Waals surface area contributed by atoms with Gasteiger partial charge in [0.1, 0.15) is 6.61 Å². The molecule has 1 aliphatic heterocycles. The van der Waals surface area contributed by atoms with E-state index in [0.717, 1.165) is 51.4 Å². The second-order valence-electron chi connectivity index (χ2n) is 11.5. The van der Waals surface area contributed by atoms with E-state index in [0.29, 0.717) is 6.61 Å². The SMILES string of the molecule is CC(=O)OCC=C(C)CCC=C(C)CCC=C(C)CC1(C=C(C)CCC=C(C)CCC=C(C)C)SCCCS1.